The van der Waals surface area contributed by atoms with Crippen molar-refractivity contribution in [1.29, 1.82) is 0 Å². The molecule has 0 saturated heterocycles. The fraction of sp³-hybridized carbons (Fsp3) is 0.296. The monoisotopic (exact) mass is 507 g/mol. The first kappa shape index (κ1) is 25.2. The molecule has 188 valence electrons. The van der Waals surface area contributed by atoms with E-state index >= 15 is 0 Å². The number of benzene rings is 2. The smallest absolute Gasteiger partial charge is 0.338 e. The highest BCUT2D eigenvalue weighted by Crippen LogP contribution is 2.32. The van der Waals surface area contributed by atoms with Crippen LogP contribution in [0.3, 0.4) is 0 Å². The van der Waals surface area contributed by atoms with Crippen LogP contribution in [0, 0.1) is 0 Å². The number of esters is 1. The second-order valence-electron chi connectivity index (χ2n) is 8.45. The number of aromatic hydroxyl groups is 1. The molecule has 1 aliphatic rings. The van der Waals surface area contributed by atoms with Crippen molar-refractivity contribution in [2.45, 2.75) is 26.8 Å². The first-order chi connectivity index (χ1) is 17.2. The molecule has 2 heterocycles. The summed E-state index contributed by atoms with van der Waals surface area (Å²) < 4.78 is 12.8. The molecule has 9 heteroatoms. The van der Waals surface area contributed by atoms with Crippen LogP contribution in [0.2, 0.25) is 0 Å². The molecule has 3 aromatic rings. The number of nitrogens with zero attached hydrogens (tertiary/aromatic N) is 3. The van der Waals surface area contributed by atoms with Crippen LogP contribution in [0.25, 0.3) is 6.08 Å². The van der Waals surface area contributed by atoms with Gasteiger partial charge in [-0.1, -0.05) is 29.5 Å². The van der Waals surface area contributed by atoms with E-state index in [2.05, 4.69) is 4.99 Å². The Kier molecular flexibility index (Phi) is 7.30. The van der Waals surface area contributed by atoms with Crippen LogP contribution in [-0.4, -0.2) is 43.0 Å². The van der Waals surface area contributed by atoms with Gasteiger partial charge in [-0.05, 0) is 62.2 Å². The number of aromatic nitrogens is 1. The quantitative estimate of drug-likeness (QED) is 0.495. The number of phenolic OH excluding ortho intramolecular Hbond substituents is 1. The Morgan fingerprint density at radius 1 is 1.17 bits per heavy atom. The molecular weight excluding hydrogens is 478 g/mol. The number of carbonyl (C=O) groups is 1. The Morgan fingerprint density at radius 3 is 2.53 bits per heavy atom. The van der Waals surface area contributed by atoms with Gasteiger partial charge in [0, 0.05) is 19.8 Å². The molecule has 0 spiro atoms. The Bertz CT molecular complexity index is 1500. The number of carbonyl (C=O) groups excluding carboxylic acids is 1. The Morgan fingerprint density at radius 2 is 1.89 bits per heavy atom. The molecule has 1 aromatic heterocycles. The average molecular weight is 508 g/mol. The van der Waals surface area contributed by atoms with Gasteiger partial charge >= 0.3 is 5.97 Å². The molecule has 0 saturated carbocycles. The Hall–Kier alpha value is -3.85. The van der Waals surface area contributed by atoms with Gasteiger partial charge in [0.05, 0.1) is 35.1 Å². The maximum absolute atomic E-state index is 13.7. The van der Waals surface area contributed by atoms with Gasteiger partial charge in [-0.15, -0.1) is 0 Å². The number of hydrogen-bond donors (Lipinski definition) is 1. The van der Waals surface area contributed by atoms with Crippen molar-refractivity contribution < 1.29 is 19.4 Å². The maximum atomic E-state index is 13.7. The Balaban J connectivity index is 1.90. The van der Waals surface area contributed by atoms with Crippen LogP contribution in [0.15, 0.2) is 63.5 Å². The molecule has 0 amide bonds. The van der Waals surface area contributed by atoms with Gasteiger partial charge in [0.2, 0.25) is 0 Å². The number of thiazole rings is 1. The third-order valence-electron chi connectivity index (χ3n) is 5.82. The lowest BCUT2D eigenvalue weighted by molar-refractivity contribution is -0.139. The van der Waals surface area contributed by atoms with Crippen molar-refractivity contribution in [1.82, 2.24) is 4.57 Å². The Labute approximate surface area is 213 Å². The van der Waals surface area contributed by atoms with Crippen LogP contribution >= 0.6 is 11.3 Å². The molecule has 0 radical (unpaired) electrons. The van der Waals surface area contributed by atoms with Gasteiger partial charge in [0.25, 0.3) is 5.56 Å². The first-order valence-corrected chi connectivity index (χ1v) is 12.5. The highest BCUT2D eigenvalue weighted by atomic mass is 32.1. The summed E-state index contributed by atoms with van der Waals surface area (Å²) in [6.45, 7) is 5.96. The molecule has 0 unspecified atom stereocenters. The molecular formula is C27H29N3O5S. The highest BCUT2D eigenvalue weighted by molar-refractivity contribution is 7.07. The summed E-state index contributed by atoms with van der Waals surface area (Å²) in [6.07, 6.45) is 1.74. The number of rotatable bonds is 7. The lowest BCUT2D eigenvalue weighted by Crippen LogP contribution is -2.39. The van der Waals surface area contributed by atoms with E-state index < -0.39 is 12.0 Å². The lowest BCUT2D eigenvalue weighted by Gasteiger charge is -2.25. The molecule has 0 aliphatic carbocycles. The molecule has 0 bridgehead atoms. The second kappa shape index (κ2) is 10.4. The molecule has 4 rings (SSSR count). The number of fused-ring (bicyclic) bond motifs is 1. The summed E-state index contributed by atoms with van der Waals surface area (Å²) in [5, 5.41) is 10.0. The number of phenols is 1. The van der Waals surface area contributed by atoms with Crippen LogP contribution in [-0.2, 0) is 9.53 Å². The number of allylic oxidation sites excluding steroid dienone is 1. The number of anilines is 1. The van der Waals surface area contributed by atoms with E-state index in [9.17, 15) is 14.7 Å². The number of hydrogen-bond acceptors (Lipinski definition) is 8. The van der Waals surface area contributed by atoms with E-state index in [1.807, 2.05) is 50.2 Å². The summed E-state index contributed by atoms with van der Waals surface area (Å²) in [4.78, 5) is 33.8. The zero-order valence-electron chi connectivity index (χ0n) is 20.9. The summed E-state index contributed by atoms with van der Waals surface area (Å²) in [7, 11) is 3.90. The van der Waals surface area contributed by atoms with Crippen molar-refractivity contribution >= 4 is 29.1 Å². The summed E-state index contributed by atoms with van der Waals surface area (Å²) >= 11 is 1.25. The van der Waals surface area contributed by atoms with E-state index in [0.717, 1.165) is 11.3 Å². The van der Waals surface area contributed by atoms with Crippen LogP contribution in [0.1, 0.15) is 37.9 Å². The normalized spacial score (nSPS) is 15.4. The fourth-order valence-electron chi connectivity index (χ4n) is 4.10. The van der Waals surface area contributed by atoms with E-state index in [1.165, 1.54) is 17.4 Å². The van der Waals surface area contributed by atoms with Gasteiger partial charge in [-0.25, -0.2) is 9.79 Å². The molecule has 2 aromatic carbocycles. The summed E-state index contributed by atoms with van der Waals surface area (Å²) in [5.74, 6) is -0.112. The SMILES string of the molecule is CCOC(=O)C1=C(C)N=c2s/c(=C\c3ccc(O)c(OCC)c3)c(=O)n2[C@H]1c1ccc(N(C)C)cc1. The molecule has 1 aliphatic heterocycles. The molecule has 8 nitrogen and oxygen atoms in total. The van der Waals surface area contributed by atoms with Crippen molar-refractivity contribution in [3.63, 3.8) is 0 Å². The van der Waals surface area contributed by atoms with E-state index in [0.29, 0.717) is 38.5 Å². The van der Waals surface area contributed by atoms with Crippen molar-refractivity contribution in [3.8, 4) is 11.5 Å². The predicted octanol–water partition coefficient (Wildman–Crippen LogP) is 2.97. The molecule has 0 fully saturated rings. The van der Waals surface area contributed by atoms with Gasteiger partial charge < -0.3 is 19.5 Å². The highest BCUT2D eigenvalue weighted by Gasteiger charge is 2.33. The average Bonchev–Trinajstić information content (AvgIpc) is 3.15. The fourth-order valence-corrected chi connectivity index (χ4v) is 5.15. The van der Waals surface area contributed by atoms with Crippen LogP contribution in [0.5, 0.6) is 11.5 Å². The standard InChI is InChI=1S/C27H29N3O5S/c1-6-34-21-14-17(8-13-20(21)31)15-22-25(32)30-24(18-9-11-19(12-10-18)29(4)5)23(26(33)35-7-2)16(3)28-27(30)36-22/h8-15,24,31H,6-7H2,1-5H3/b22-15-/t24-/m0/s1. The minimum Gasteiger partial charge on any atom is -0.504 e. The topological polar surface area (TPSA) is 93.4 Å². The van der Waals surface area contributed by atoms with Crippen molar-refractivity contribution in [3.05, 3.63) is 84.5 Å². The predicted molar refractivity (Wildman–Crippen MR) is 140 cm³/mol. The molecule has 36 heavy (non-hydrogen) atoms. The second-order valence-corrected chi connectivity index (χ2v) is 9.46. The van der Waals surface area contributed by atoms with Crippen LogP contribution < -0.4 is 24.5 Å². The van der Waals surface area contributed by atoms with Crippen molar-refractivity contribution in [2.24, 2.45) is 4.99 Å². The third-order valence-corrected chi connectivity index (χ3v) is 6.81. The largest absolute Gasteiger partial charge is 0.504 e. The van der Waals surface area contributed by atoms with Gasteiger partial charge in [0.1, 0.15) is 0 Å². The number of ether oxygens (including phenoxy) is 2. The van der Waals surface area contributed by atoms with E-state index in [4.69, 9.17) is 9.47 Å². The third kappa shape index (κ3) is 4.79. The zero-order valence-corrected chi connectivity index (χ0v) is 21.8. The lowest BCUT2D eigenvalue weighted by atomic mass is 9.95. The minimum absolute atomic E-state index is 0.0336. The summed E-state index contributed by atoms with van der Waals surface area (Å²) in [5.41, 5.74) is 3.09. The molecule has 1 N–H and O–H groups in total. The van der Waals surface area contributed by atoms with Gasteiger partial charge in [0.15, 0.2) is 16.3 Å². The van der Waals surface area contributed by atoms with Gasteiger partial charge in [-0.3, -0.25) is 9.36 Å². The van der Waals surface area contributed by atoms with E-state index in [1.54, 1.807) is 36.6 Å². The van der Waals surface area contributed by atoms with Gasteiger partial charge in [-0.2, -0.15) is 0 Å². The first-order valence-electron chi connectivity index (χ1n) is 11.7. The van der Waals surface area contributed by atoms with E-state index in [-0.39, 0.29) is 17.9 Å². The zero-order chi connectivity index (χ0) is 26.0. The minimum atomic E-state index is -0.669. The van der Waals surface area contributed by atoms with Crippen molar-refractivity contribution in [2.75, 3.05) is 32.2 Å². The maximum Gasteiger partial charge on any atom is 0.338 e. The van der Waals surface area contributed by atoms with Crippen LogP contribution in [0.4, 0.5) is 5.69 Å². The molecule has 1 atom stereocenters. The summed E-state index contributed by atoms with van der Waals surface area (Å²) in [6, 6.07) is 12.0.